The topological polar surface area (TPSA) is 89.8 Å². The van der Waals surface area contributed by atoms with Gasteiger partial charge < -0.3 is 20.6 Å². The predicted molar refractivity (Wildman–Crippen MR) is 287 cm³/mol. The monoisotopic (exact) mass is 916 g/mol. The molecular formula is C60H117NO4. The number of allylic oxidation sites excluding steroid dienone is 3. The van der Waals surface area contributed by atoms with E-state index in [1.165, 1.54) is 270 Å². The zero-order valence-electron chi connectivity index (χ0n) is 44.1. The van der Waals surface area contributed by atoms with E-state index in [0.717, 1.165) is 32.1 Å². The normalized spacial score (nSPS) is 13.4. The molecule has 5 nitrogen and oxygen atoms in total. The van der Waals surface area contributed by atoms with Crippen LogP contribution >= 0.6 is 0 Å². The molecule has 0 aromatic carbocycles. The molecule has 0 saturated heterocycles. The van der Waals surface area contributed by atoms with E-state index < -0.39 is 18.2 Å². The van der Waals surface area contributed by atoms with Crippen LogP contribution < -0.4 is 5.32 Å². The molecule has 0 bridgehead atoms. The molecule has 65 heavy (non-hydrogen) atoms. The largest absolute Gasteiger partial charge is 0.394 e. The first-order valence-corrected chi connectivity index (χ1v) is 29.6. The lowest BCUT2D eigenvalue weighted by molar-refractivity contribution is -0.124. The van der Waals surface area contributed by atoms with Gasteiger partial charge in [-0.2, -0.15) is 0 Å². The molecule has 0 saturated carbocycles. The molecule has 4 N–H and O–H groups in total. The highest BCUT2D eigenvalue weighted by Crippen LogP contribution is 2.18. The molecule has 0 rings (SSSR count). The SMILES string of the molecule is CCCCCCCCCCCCCCCCCCCCC/C=C/CC/C=C/C(O)C(CO)NC(=O)CC(O)CCCCCCCCCCCCCCCCCCCCCCCCCCC. The van der Waals surface area contributed by atoms with Gasteiger partial charge in [-0.1, -0.05) is 314 Å². The maximum atomic E-state index is 12.5. The number of aliphatic hydroxyl groups excluding tert-OH is 3. The maximum Gasteiger partial charge on any atom is 0.222 e. The average molecular weight is 917 g/mol. The highest BCUT2D eigenvalue weighted by molar-refractivity contribution is 5.76. The number of aliphatic hydroxyl groups is 3. The Kier molecular flexibility index (Phi) is 54.4. The van der Waals surface area contributed by atoms with Crippen molar-refractivity contribution in [3.63, 3.8) is 0 Å². The molecule has 0 aliphatic carbocycles. The molecular weight excluding hydrogens is 799 g/mol. The van der Waals surface area contributed by atoms with Crippen molar-refractivity contribution in [3.05, 3.63) is 24.3 Å². The fraction of sp³-hybridized carbons (Fsp3) is 0.917. The van der Waals surface area contributed by atoms with Crippen LogP contribution in [0.2, 0.25) is 0 Å². The molecule has 0 radical (unpaired) electrons. The smallest absolute Gasteiger partial charge is 0.222 e. The van der Waals surface area contributed by atoms with Gasteiger partial charge >= 0.3 is 0 Å². The van der Waals surface area contributed by atoms with Gasteiger partial charge in [0, 0.05) is 0 Å². The Bertz CT molecular complexity index is 967. The predicted octanol–water partition coefficient (Wildman–Crippen LogP) is 18.5. The highest BCUT2D eigenvalue weighted by atomic mass is 16.3. The molecule has 0 aliphatic rings. The first-order chi connectivity index (χ1) is 32.0. The minimum Gasteiger partial charge on any atom is -0.394 e. The molecule has 0 fully saturated rings. The van der Waals surface area contributed by atoms with Crippen molar-refractivity contribution in [1.29, 1.82) is 0 Å². The second-order valence-electron chi connectivity index (χ2n) is 20.6. The molecule has 0 heterocycles. The lowest BCUT2D eigenvalue weighted by atomic mass is 10.0. The van der Waals surface area contributed by atoms with Crippen molar-refractivity contribution < 1.29 is 20.1 Å². The summed E-state index contributed by atoms with van der Waals surface area (Å²) in [6.07, 6.45) is 71.0. The first-order valence-electron chi connectivity index (χ1n) is 29.6. The Morgan fingerprint density at radius 2 is 0.662 bits per heavy atom. The third-order valence-electron chi connectivity index (χ3n) is 14.0. The number of rotatable bonds is 55. The van der Waals surface area contributed by atoms with Gasteiger partial charge in [-0.15, -0.1) is 0 Å². The van der Waals surface area contributed by atoms with Gasteiger partial charge in [-0.25, -0.2) is 0 Å². The Morgan fingerprint density at radius 1 is 0.385 bits per heavy atom. The van der Waals surface area contributed by atoms with Crippen molar-refractivity contribution >= 4 is 5.91 Å². The first kappa shape index (κ1) is 63.8. The molecule has 0 spiro atoms. The number of carbonyl (C=O) groups is 1. The summed E-state index contributed by atoms with van der Waals surface area (Å²) in [5, 5.41) is 33.5. The number of hydrogen-bond donors (Lipinski definition) is 4. The van der Waals surface area contributed by atoms with E-state index in [1.54, 1.807) is 6.08 Å². The van der Waals surface area contributed by atoms with Gasteiger partial charge in [0.05, 0.1) is 31.3 Å². The highest BCUT2D eigenvalue weighted by Gasteiger charge is 2.20. The van der Waals surface area contributed by atoms with E-state index in [9.17, 15) is 20.1 Å². The summed E-state index contributed by atoms with van der Waals surface area (Å²) in [7, 11) is 0. The summed E-state index contributed by atoms with van der Waals surface area (Å²) in [6, 6.07) is -0.759. The van der Waals surface area contributed by atoms with Gasteiger partial charge in [-0.3, -0.25) is 4.79 Å². The van der Waals surface area contributed by atoms with E-state index in [-0.39, 0.29) is 18.9 Å². The molecule has 5 heteroatoms. The molecule has 1 amide bonds. The molecule has 3 atom stereocenters. The summed E-state index contributed by atoms with van der Waals surface area (Å²) >= 11 is 0. The summed E-state index contributed by atoms with van der Waals surface area (Å²) < 4.78 is 0. The van der Waals surface area contributed by atoms with Crippen LogP contribution in [-0.4, -0.2) is 46.1 Å². The lowest BCUT2D eigenvalue weighted by Gasteiger charge is -2.21. The average Bonchev–Trinajstić information content (AvgIpc) is 3.30. The van der Waals surface area contributed by atoms with Crippen molar-refractivity contribution in [3.8, 4) is 0 Å². The number of nitrogens with one attached hydrogen (secondary N) is 1. The van der Waals surface area contributed by atoms with Crippen molar-refractivity contribution in [2.75, 3.05) is 6.61 Å². The van der Waals surface area contributed by atoms with Gasteiger partial charge in [-0.05, 0) is 32.1 Å². The van der Waals surface area contributed by atoms with Crippen molar-refractivity contribution in [2.45, 2.75) is 347 Å². The van der Waals surface area contributed by atoms with Crippen LogP contribution in [-0.2, 0) is 4.79 Å². The summed E-state index contributed by atoms with van der Waals surface area (Å²) in [5.41, 5.74) is 0. The third-order valence-corrected chi connectivity index (χ3v) is 14.0. The van der Waals surface area contributed by atoms with E-state index >= 15 is 0 Å². The molecule has 0 aromatic heterocycles. The molecule has 0 aliphatic heterocycles. The summed E-state index contributed by atoms with van der Waals surface area (Å²) in [5.74, 6) is -0.318. The van der Waals surface area contributed by atoms with Crippen LogP contribution in [0.3, 0.4) is 0 Å². The second-order valence-corrected chi connectivity index (χ2v) is 20.6. The second kappa shape index (κ2) is 55.4. The Morgan fingerprint density at radius 3 is 0.985 bits per heavy atom. The van der Waals surface area contributed by atoms with E-state index in [1.807, 2.05) is 6.08 Å². The zero-order valence-corrected chi connectivity index (χ0v) is 44.1. The fourth-order valence-electron chi connectivity index (χ4n) is 9.48. The Labute approximate surface area is 407 Å². The van der Waals surface area contributed by atoms with Crippen LogP contribution in [0.4, 0.5) is 0 Å². The van der Waals surface area contributed by atoms with Gasteiger partial charge in [0.15, 0.2) is 0 Å². The standard InChI is InChI=1S/C60H117NO4/c1-3-5-7-9-11-13-15-17-19-21-23-25-27-29-31-33-35-37-39-41-43-45-47-49-51-53-57(63)55-60(65)61-58(56-62)59(64)54-52-50-48-46-44-42-40-38-36-34-32-30-28-26-24-22-20-18-16-14-12-10-8-6-4-2/h44,46,52,54,57-59,62-64H,3-43,45,47-51,53,55-56H2,1-2H3,(H,61,65)/b46-44+,54-52+. The van der Waals surface area contributed by atoms with E-state index in [0.29, 0.717) is 6.42 Å². The number of carbonyl (C=O) groups excluding carboxylic acids is 1. The van der Waals surface area contributed by atoms with E-state index in [4.69, 9.17) is 0 Å². The van der Waals surface area contributed by atoms with Crippen LogP contribution in [0.5, 0.6) is 0 Å². The van der Waals surface area contributed by atoms with Crippen LogP contribution in [0, 0.1) is 0 Å². The van der Waals surface area contributed by atoms with Crippen LogP contribution in [0.25, 0.3) is 0 Å². The van der Waals surface area contributed by atoms with Gasteiger partial charge in [0.1, 0.15) is 0 Å². The van der Waals surface area contributed by atoms with Gasteiger partial charge in [0.25, 0.3) is 0 Å². The Hall–Kier alpha value is -1.17. The molecule has 386 valence electrons. The van der Waals surface area contributed by atoms with Crippen LogP contribution in [0.15, 0.2) is 24.3 Å². The molecule has 0 aromatic rings. The number of hydrogen-bond acceptors (Lipinski definition) is 4. The van der Waals surface area contributed by atoms with Crippen molar-refractivity contribution in [1.82, 2.24) is 5.32 Å². The zero-order chi connectivity index (χ0) is 47.2. The lowest BCUT2D eigenvalue weighted by Crippen LogP contribution is -2.45. The minimum absolute atomic E-state index is 0.0106. The minimum atomic E-state index is -0.951. The van der Waals surface area contributed by atoms with E-state index in [2.05, 4.69) is 31.3 Å². The van der Waals surface area contributed by atoms with Crippen LogP contribution in [0.1, 0.15) is 328 Å². The van der Waals surface area contributed by atoms with Crippen molar-refractivity contribution in [2.24, 2.45) is 0 Å². The Balaban J connectivity index is 3.56. The summed E-state index contributed by atoms with van der Waals surface area (Å²) in [6.45, 7) is 4.25. The molecule has 3 unspecified atom stereocenters. The number of amides is 1. The van der Waals surface area contributed by atoms with Gasteiger partial charge in [0.2, 0.25) is 5.91 Å². The maximum absolute atomic E-state index is 12.5. The fourth-order valence-corrected chi connectivity index (χ4v) is 9.48. The quantitative estimate of drug-likeness (QED) is 0.0361. The summed E-state index contributed by atoms with van der Waals surface area (Å²) in [4.78, 5) is 12.5. The number of unbranched alkanes of at least 4 members (excludes halogenated alkanes) is 44. The third kappa shape index (κ3) is 52.1.